The minimum Gasteiger partial charge on any atom is -0.335 e. The number of sulfone groups is 1. The van der Waals surface area contributed by atoms with Crippen LogP contribution in [0.25, 0.3) is 6.08 Å². The molecule has 1 saturated heterocycles. The van der Waals surface area contributed by atoms with Crippen LogP contribution in [0.5, 0.6) is 0 Å². The molecule has 8 heteroatoms. The predicted octanol–water partition coefficient (Wildman–Crippen LogP) is 4.03. The van der Waals surface area contributed by atoms with Crippen molar-refractivity contribution < 1.29 is 13.2 Å². The highest BCUT2D eigenvalue weighted by atomic mass is 35.5. The fraction of sp³-hybridized carbons (Fsp3) is 0.478. The van der Waals surface area contributed by atoms with Gasteiger partial charge in [-0.2, -0.15) is 5.10 Å². The molecule has 0 radical (unpaired) electrons. The quantitative estimate of drug-likeness (QED) is 0.554. The van der Waals surface area contributed by atoms with Crippen LogP contribution in [0.3, 0.4) is 0 Å². The topological polar surface area (TPSA) is 72.3 Å². The van der Waals surface area contributed by atoms with Gasteiger partial charge in [0.15, 0.2) is 9.84 Å². The zero-order valence-electron chi connectivity index (χ0n) is 18.3. The number of nitrogens with zero attached hydrogens (tertiary/aromatic N) is 3. The van der Waals surface area contributed by atoms with Crippen LogP contribution in [-0.2, 0) is 21.2 Å². The van der Waals surface area contributed by atoms with Crippen LogP contribution in [0.1, 0.15) is 48.7 Å². The first-order valence-electron chi connectivity index (χ1n) is 10.7. The number of halogens is 1. The number of aromatic nitrogens is 2. The molecule has 0 N–H and O–H groups in total. The van der Waals surface area contributed by atoms with Gasteiger partial charge in [-0.1, -0.05) is 43.1 Å². The van der Waals surface area contributed by atoms with Gasteiger partial charge in [-0.05, 0) is 44.4 Å². The van der Waals surface area contributed by atoms with E-state index in [1.807, 2.05) is 42.8 Å². The van der Waals surface area contributed by atoms with Crippen molar-refractivity contribution in [1.29, 1.82) is 0 Å². The van der Waals surface area contributed by atoms with Crippen molar-refractivity contribution in [2.24, 2.45) is 0 Å². The third-order valence-electron chi connectivity index (χ3n) is 5.79. The van der Waals surface area contributed by atoms with Gasteiger partial charge in [-0.25, -0.2) is 8.42 Å². The second-order valence-electron chi connectivity index (χ2n) is 8.11. The van der Waals surface area contributed by atoms with Crippen LogP contribution >= 0.6 is 11.6 Å². The van der Waals surface area contributed by atoms with E-state index in [-0.39, 0.29) is 23.5 Å². The van der Waals surface area contributed by atoms with Gasteiger partial charge in [0, 0.05) is 34.9 Å². The molecule has 1 aliphatic rings. The van der Waals surface area contributed by atoms with Crippen LogP contribution in [-0.4, -0.2) is 53.1 Å². The fourth-order valence-electron chi connectivity index (χ4n) is 3.97. The summed E-state index contributed by atoms with van der Waals surface area (Å²) in [5.41, 5.74) is 3.66. The third kappa shape index (κ3) is 5.77. The minimum atomic E-state index is -3.05. The van der Waals surface area contributed by atoms with E-state index in [4.69, 9.17) is 11.6 Å². The average molecular weight is 464 g/mol. The van der Waals surface area contributed by atoms with E-state index in [1.54, 1.807) is 17.1 Å². The molecule has 6 nitrogen and oxygen atoms in total. The number of rotatable bonds is 8. The van der Waals surface area contributed by atoms with E-state index in [0.29, 0.717) is 24.5 Å². The molecule has 0 bridgehead atoms. The lowest BCUT2D eigenvalue weighted by Gasteiger charge is -2.27. The first kappa shape index (κ1) is 23.5. The van der Waals surface area contributed by atoms with Gasteiger partial charge in [0.1, 0.15) is 0 Å². The number of unbranched alkanes of at least 4 members (excludes halogenated alkanes) is 1. The lowest BCUT2D eigenvalue weighted by atomic mass is 10.1. The molecule has 3 rings (SSSR count). The summed E-state index contributed by atoms with van der Waals surface area (Å²) in [5, 5.41) is 5.31. The number of carbonyl (C=O) groups excluding carboxylic acids is 1. The summed E-state index contributed by atoms with van der Waals surface area (Å²) in [5.74, 6) is 0.0715. The molecule has 1 fully saturated rings. The molecule has 1 aromatic heterocycles. The maximum absolute atomic E-state index is 13.0. The molecular formula is C23H30ClN3O3S. The Hall–Kier alpha value is -2.12. The molecule has 0 saturated carbocycles. The van der Waals surface area contributed by atoms with Crippen LogP contribution in [0.15, 0.2) is 30.3 Å². The zero-order valence-corrected chi connectivity index (χ0v) is 19.9. The monoisotopic (exact) mass is 463 g/mol. The number of hydrogen-bond acceptors (Lipinski definition) is 4. The number of carbonyl (C=O) groups is 1. The lowest BCUT2D eigenvalue weighted by molar-refractivity contribution is -0.127. The number of hydrogen-bond donors (Lipinski definition) is 0. The number of benzene rings is 1. The van der Waals surface area contributed by atoms with E-state index in [0.717, 1.165) is 35.4 Å². The Kier molecular flexibility index (Phi) is 7.59. The fourth-order valence-corrected chi connectivity index (χ4v) is 5.89. The summed E-state index contributed by atoms with van der Waals surface area (Å²) >= 11 is 6.29. The maximum atomic E-state index is 13.0. The molecule has 1 unspecified atom stereocenters. The summed E-state index contributed by atoms with van der Waals surface area (Å²) in [6.07, 6.45) is 5.66. The first-order chi connectivity index (χ1) is 14.7. The van der Waals surface area contributed by atoms with Crippen molar-refractivity contribution in [2.45, 2.75) is 52.6 Å². The number of aryl methyl sites for hydroxylation is 1. The first-order valence-corrected chi connectivity index (χ1v) is 12.9. The third-order valence-corrected chi connectivity index (χ3v) is 7.91. The largest absolute Gasteiger partial charge is 0.335 e. The normalized spacial score (nSPS) is 18.0. The van der Waals surface area contributed by atoms with Gasteiger partial charge < -0.3 is 4.90 Å². The molecule has 168 valence electrons. The highest BCUT2D eigenvalue weighted by Crippen LogP contribution is 2.22. The summed E-state index contributed by atoms with van der Waals surface area (Å²) < 4.78 is 25.7. The smallest absolute Gasteiger partial charge is 0.246 e. The Balaban J connectivity index is 1.78. The van der Waals surface area contributed by atoms with E-state index in [1.165, 1.54) is 0 Å². The second-order valence-corrected chi connectivity index (χ2v) is 10.7. The van der Waals surface area contributed by atoms with Crippen molar-refractivity contribution in [1.82, 2.24) is 14.7 Å². The van der Waals surface area contributed by atoms with Crippen molar-refractivity contribution in [3.8, 4) is 0 Å². The molecule has 2 heterocycles. The Morgan fingerprint density at radius 3 is 2.71 bits per heavy atom. The van der Waals surface area contributed by atoms with Crippen molar-refractivity contribution in [3.05, 3.63) is 57.9 Å². The van der Waals surface area contributed by atoms with Crippen molar-refractivity contribution in [3.63, 3.8) is 0 Å². The number of amides is 1. The molecule has 2 aromatic rings. The minimum absolute atomic E-state index is 0.0596. The van der Waals surface area contributed by atoms with Crippen molar-refractivity contribution in [2.75, 3.05) is 18.1 Å². The van der Waals surface area contributed by atoms with Gasteiger partial charge in [0.25, 0.3) is 0 Å². The average Bonchev–Trinajstić information content (AvgIpc) is 3.21. The predicted molar refractivity (Wildman–Crippen MR) is 125 cm³/mol. The molecule has 1 amide bonds. The molecule has 1 aromatic carbocycles. The van der Waals surface area contributed by atoms with E-state index in [2.05, 4.69) is 12.0 Å². The van der Waals surface area contributed by atoms with Gasteiger partial charge in [0.05, 0.1) is 23.7 Å². The Bertz CT molecular complexity index is 1080. The SMILES string of the molecule is CCCCN(C(=O)/C=C/c1c(C)nn(Cc2ccccc2Cl)c1C)C1CCS(=O)(=O)C1. The lowest BCUT2D eigenvalue weighted by Crippen LogP contribution is -2.40. The van der Waals surface area contributed by atoms with Crippen LogP contribution in [0, 0.1) is 13.8 Å². The highest BCUT2D eigenvalue weighted by molar-refractivity contribution is 7.91. The highest BCUT2D eigenvalue weighted by Gasteiger charge is 2.33. The van der Waals surface area contributed by atoms with E-state index < -0.39 is 9.84 Å². The molecule has 0 aliphatic carbocycles. The van der Waals surface area contributed by atoms with Gasteiger partial charge in [-0.3, -0.25) is 9.48 Å². The standard InChI is InChI=1S/C23H30ClN3O3S/c1-4-5-13-26(20-12-14-31(29,30)16-20)23(28)11-10-21-17(2)25-27(18(21)3)15-19-8-6-7-9-22(19)24/h6-11,20H,4-5,12-16H2,1-3H3/b11-10+. The molecule has 31 heavy (non-hydrogen) atoms. The van der Waals surface area contributed by atoms with E-state index >= 15 is 0 Å². The van der Waals surface area contributed by atoms with Crippen LogP contribution in [0.2, 0.25) is 5.02 Å². The molecule has 1 aliphatic heterocycles. The second kappa shape index (κ2) is 10.0. The van der Waals surface area contributed by atoms with Gasteiger partial charge >= 0.3 is 0 Å². The summed E-state index contributed by atoms with van der Waals surface area (Å²) in [6, 6.07) is 7.43. The van der Waals surface area contributed by atoms with Crippen LogP contribution < -0.4 is 0 Å². The van der Waals surface area contributed by atoms with E-state index in [9.17, 15) is 13.2 Å². The van der Waals surface area contributed by atoms with Crippen molar-refractivity contribution >= 4 is 33.4 Å². The Morgan fingerprint density at radius 2 is 2.06 bits per heavy atom. The maximum Gasteiger partial charge on any atom is 0.246 e. The van der Waals surface area contributed by atoms with Crippen LogP contribution in [0.4, 0.5) is 0 Å². The zero-order chi connectivity index (χ0) is 22.6. The summed E-state index contributed by atoms with van der Waals surface area (Å²) in [7, 11) is -3.05. The molecule has 0 spiro atoms. The Morgan fingerprint density at radius 1 is 1.32 bits per heavy atom. The Labute approximate surface area is 189 Å². The summed E-state index contributed by atoms with van der Waals surface area (Å²) in [6.45, 7) is 7.07. The van der Waals surface area contributed by atoms with Gasteiger partial charge in [-0.15, -0.1) is 0 Å². The molecule has 1 atom stereocenters. The van der Waals surface area contributed by atoms with Gasteiger partial charge in [0.2, 0.25) is 5.91 Å². The molecular weight excluding hydrogens is 434 g/mol. The summed E-state index contributed by atoms with van der Waals surface area (Å²) in [4.78, 5) is 14.7.